The molecule has 0 aliphatic rings. The first-order valence-electron chi connectivity index (χ1n) is 16.6. The molecule has 0 spiro atoms. The van der Waals surface area contributed by atoms with Crippen molar-refractivity contribution < 1.29 is 76.9 Å². The Kier molecular flexibility index (Phi) is 19.0. The van der Waals surface area contributed by atoms with E-state index in [0.717, 1.165) is 18.2 Å². The molecule has 0 aliphatic heterocycles. The molecule has 4 aromatic rings. The number of carbonyl (C=O) groups is 5. The number of esters is 2. The van der Waals surface area contributed by atoms with E-state index in [1.165, 1.54) is 49.1 Å². The summed E-state index contributed by atoms with van der Waals surface area (Å²) in [4.78, 5) is 62.5. The maximum absolute atomic E-state index is 12.9. The quantitative estimate of drug-likeness (QED) is 0.0612. The fraction of sp³-hybridized carbons (Fsp3) is 0.289. The Labute approximate surface area is 326 Å². The predicted octanol–water partition coefficient (Wildman–Crippen LogP) is -2.97. The lowest BCUT2D eigenvalue weighted by Crippen LogP contribution is -3.00. The van der Waals surface area contributed by atoms with Gasteiger partial charge in [0.1, 0.15) is 6.61 Å². The number of methoxy groups -OCH3 is 1. The highest BCUT2D eigenvalue weighted by Crippen LogP contribution is 2.06. The average Bonchev–Trinajstić information content (AvgIpc) is 3.15. The third kappa shape index (κ3) is 15.1. The van der Waals surface area contributed by atoms with Crippen LogP contribution in [0.2, 0.25) is 0 Å². The Bertz CT molecular complexity index is 1780. The molecule has 16 heteroatoms. The Morgan fingerprint density at radius 1 is 0.593 bits per heavy atom. The normalized spacial score (nSPS) is 11.8. The second-order valence-electron chi connectivity index (χ2n) is 11.9. The molecule has 0 saturated heterocycles. The first-order chi connectivity index (χ1) is 25.1. The third-order valence-electron chi connectivity index (χ3n) is 7.64. The minimum absolute atomic E-state index is 0. The maximum Gasteiger partial charge on any atom is 0.412 e. The van der Waals surface area contributed by atoms with E-state index in [9.17, 15) is 24.0 Å². The molecule has 3 atom stereocenters. The number of hydrogen-bond acceptors (Lipinski definition) is 9. The summed E-state index contributed by atoms with van der Waals surface area (Å²) < 4.78 is 23.7. The van der Waals surface area contributed by atoms with E-state index in [-0.39, 0.29) is 61.5 Å². The van der Waals surface area contributed by atoms with Gasteiger partial charge in [-0.15, -0.1) is 0 Å². The van der Waals surface area contributed by atoms with Crippen LogP contribution in [0.5, 0.6) is 0 Å². The number of ether oxygens (including phenoxy) is 4. The monoisotopic (exact) mass is 783 g/mol. The van der Waals surface area contributed by atoms with Gasteiger partial charge in [-0.1, -0.05) is 60.7 Å². The second-order valence-corrected chi connectivity index (χ2v) is 11.9. The number of benzene rings is 2. The van der Waals surface area contributed by atoms with Crippen molar-refractivity contribution >= 4 is 30.0 Å². The number of carbonyl (C=O) groups excluding carboxylic acids is 5. The van der Waals surface area contributed by atoms with Crippen LogP contribution in [0, 0.1) is 0 Å². The van der Waals surface area contributed by atoms with Gasteiger partial charge in [0.15, 0.2) is 30.8 Å². The molecular formula is C38H43Cl2N5O9. The van der Waals surface area contributed by atoms with Crippen molar-refractivity contribution in [1.82, 2.24) is 16.0 Å². The molecule has 2 heterocycles. The van der Waals surface area contributed by atoms with Gasteiger partial charge in [0.05, 0.1) is 18.2 Å². The minimum atomic E-state index is -1.29. The molecular weight excluding hydrogens is 741 g/mol. The summed E-state index contributed by atoms with van der Waals surface area (Å²) in [6.07, 6.45) is 6.28. The smallest absolute Gasteiger partial charge is 0.412 e. The Morgan fingerprint density at radius 2 is 1.02 bits per heavy atom. The zero-order valence-corrected chi connectivity index (χ0v) is 31.5. The molecule has 2 aromatic heterocycles. The van der Waals surface area contributed by atoms with Gasteiger partial charge >= 0.3 is 24.1 Å². The van der Waals surface area contributed by atoms with Gasteiger partial charge in [0.25, 0.3) is 19.4 Å². The molecule has 0 saturated carbocycles. The number of nitrogens with zero attached hydrogens (tertiary/aromatic N) is 2. The first-order valence-corrected chi connectivity index (χ1v) is 16.6. The number of pyridine rings is 2. The number of amides is 3. The van der Waals surface area contributed by atoms with Crippen LogP contribution in [0.3, 0.4) is 0 Å². The van der Waals surface area contributed by atoms with E-state index in [2.05, 4.69) is 16.0 Å². The topological polar surface area (TPSA) is 166 Å². The van der Waals surface area contributed by atoms with Crippen molar-refractivity contribution in [2.24, 2.45) is 0 Å². The molecule has 0 radical (unpaired) electrons. The van der Waals surface area contributed by atoms with Crippen molar-refractivity contribution in [3.05, 3.63) is 132 Å². The van der Waals surface area contributed by atoms with E-state index in [1.54, 1.807) is 9.13 Å². The van der Waals surface area contributed by atoms with Crippen molar-refractivity contribution in [1.29, 1.82) is 0 Å². The molecule has 0 fully saturated rings. The molecule has 4 rings (SSSR count). The molecule has 0 aliphatic carbocycles. The molecule has 0 bridgehead atoms. The molecule has 2 aromatic carbocycles. The standard InChI is InChI=1S/C38H41N5O9.2ClH/c1-27(22-29-10-6-4-7-11-29)39-37(47)51-25-42-18-14-31(15-19-42)34(44)41-33(36(46)49-3)24-50-35(45)32-16-20-43(21-17-32)26-52-38(48)40-28(2)23-30-12-8-5-9-13-30;;/h4-21,27-28,33H,22-26H2,1-3H3,(H-2,39,40,41,44,47,48);2*1H/t27-,28-,33-;;/m0../s1. The average molecular weight is 785 g/mol. The molecule has 3 amide bonds. The first kappa shape index (κ1) is 44.4. The van der Waals surface area contributed by atoms with Crippen molar-refractivity contribution in [3.8, 4) is 0 Å². The Hall–Kier alpha value is -5.73. The number of hydrogen-bond donors (Lipinski definition) is 3. The molecule has 0 unspecified atom stereocenters. The molecule has 3 N–H and O–H groups in total. The van der Waals surface area contributed by atoms with Crippen LogP contribution in [0.15, 0.2) is 110 Å². The predicted molar refractivity (Wildman–Crippen MR) is 185 cm³/mol. The van der Waals surface area contributed by atoms with Gasteiger partial charge in [0.2, 0.25) is 0 Å². The van der Waals surface area contributed by atoms with Gasteiger partial charge < -0.3 is 59.7 Å². The maximum atomic E-state index is 12.9. The zero-order chi connectivity index (χ0) is 37.3. The zero-order valence-electron chi connectivity index (χ0n) is 30.0. The van der Waals surface area contributed by atoms with Crippen molar-refractivity contribution in [2.75, 3.05) is 13.7 Å². The van der Waals surface area contributed by atoms with Crippen LogP contribution in [0.1, 0.15) is 45.7 Å². The summed E-state index contributed by atoms with van der Waals surface area (Å²) in [6, 6.07) is 23.8. The largest absolute Gasteiger partial charge is 1.00 e. The van der Waals surface area contributed by atoms with Crippen molar-refractivity contribution in [2.45, 2.75) is 58.3 Å². The number of nitrogens with one attached hydrogen (secondary N) is 3. The van der Waals surface area contributed by atoms with E-state index < -0.39 is 42.7 Å². The third-order valence-corrected chi connectivity index (χ3v) is 7.64. The molecule has 288 valence electrons. The molecule has 14 nitrogen and oxygen atoms in total. The van der Waals surface area contributed by atoms with Crippen LogP contribution in [-0.4, -0.2) is 61.9 Å². The van der Waals surface area contributed by atoms with Crippen LogP contribution in [0.25, 0.3) is 0 Å². The number of rotatable bonds is 16. The number of alkyl carbamates (subject to hydrolysis) is 2. The summed E-state index contributed by atoms with van der Waals surface area (Å²) in [5.41, 5.74) is 2.55. The summed E-state index contributed by atoms with van der Waals surface area (Å²) in [7, 11) is 1.15. The second kappa shape index (κ2) is 23.0. The lowest BCUT2D eigenvalue weighted by Gasteiger charge is -2.16. The van der Waals surface area contributed by atoms with Gasteiger partial charge in [-0.25, -0.2) is 19.2 Å². The summed E-state index contributed by atoms with van der Waals surface area (Å²) in [6.45, 7) is 3.08. The lowest BCUT2D eigenvalue weighted by atomic mass is 10.1. The fourth-order valence-electron chi connectivity index (χ4n) is 4.96. The van der Waals surface area contributed by atoms with Crippen LogP contribution in [0.4, 0.5) is 9.59 Å². The van der Waals surface area contributed by atoms with E-state index in [1.807, 2.05) is 74.5 Å². The van der Waals surface area contributed by atoms with Crippen LogP contribution in [-0.2, 0) is 50.0 Å². The highest BCUT2D eigenvalue weighted by atomic mass is 35.5. The highest BCUT2D eigenvalue weighted by molar-refractivity contribution is 5.96. The molecule has 54 heavy (non-hydrogen) atoms. The van der Waals surface area contributed by atoms with Crippen molar-refractivity contribution in [3.63, 3.8) is 0 Å². The summed E-state index contributed by atoms with van der Waals surface area (Å²) in [5, 5.41) is 8.07. The van der Waals surface area contributed by atoms with Crippen LogP contribution >= 0.6 is 0 Å². The summed E-state index contributed by atoms with van der Waals surface area (Å²) in [5.74, 6) is -2.18. The van der Waals surface area contributed by atoms with Gasteiger partial charge in [-0.2, -0.15) is 9.13 Å². The Balaban J connectivity index is 0.00000504. The van der Waals surface area contributed by atoms with Gasteiger partial charge in [0, 0.05) is 36.3 Å². The van der Waals surface area contributed by atoms with E-state index in [4.69, 9.17) is 18.9 Å². The number of halogens is 2. The van der Waals surface area contributed by atoms with E-state index >= 15 is 0 Å². The number of aromatic nitrogens is 2. The SMILES string of the molecule is COC(=O)[C@H](COC(=O)c1cc[n+](COC(=O)N[C@@H](C)Cc2ccccc2)cc1)NC(=O)c1cc[n+](COC(=O)N[C@@H](C)Cc2ccccc2)cc1.[Cl-].[Cl-]. The van der Waals surface area contributed by atoms with E-state index in [0.29, 0.717) is 12.8 Å². The highest BCUT2D eigenvalue weighted by Gasteiger charge is 2.25. The lowest BCUT2D eigenvalue weighted by molar-refractivity contribution is -0.727. The van der Waals surface area contributed by atoms with Gasteiger partial charge in [-0.05, 0) is 37.8 Å². The fourth-order valence-corrected chi connectivity index (χ4v) is 4.96. The van der Waals surface area contributed by atoms with Gasteiger partial charge in [-0.3, -0.25) is 4.79 Å². The van der Waals surface area contributed by atoms with Crippen LogP contribution < -0.4 is 49.9 Å². The Morgan fingerprint density at radius 3 is 1.44 bits per heavy atom. The summed E-state index contributed by atoms with van der Waals surface area (Å²) >= 11 is 0. The minimum Gasteiger partial charge on any atom is -1.00 e.